The minimum atomic E-state index is 0. The van der Waals surface area contributed by atoms with E-state index in [4.69, 9.17) is 0 Å². The fourth-order valence-electron chi connectivity index (χ4n) is 4.23. The van der Waals surface area contributed by atoms with Gasteiger partial charge in [0.2, 0.25) is 5.91 Å². The second-order valence-electron chi connectivity index (χ2n) is 7.41. The number of likely N-dealkylation sites (tertiary alicyclic amines) is 1. The number of rotatable bonds is 4. The van der Waals surface area contributed by atoms with E-state index in [1.54, 1.807) is 0 Å². The van der Waals surface area contributed by atoms with Crippen molar-refractivity contribution >= 4 is 24.0 Å². The number of amides is 1. The number of halogens is 1. The van der Waals surface area contributed by atoms with E-state index in [0.29, 0.717) is 12.5 Å². The van der Waals surface area contributed by atoms with Gasteiger partial charge in [0.05, 0.1) is 6.54 Å². The third-order valence-corrected chi connectivity index (χ3v) is 5.39. The third kappa shape index (κ3) is 4.73. The van der Waals surface area contributed by atoms with Crippen LogP contribution in [-0.2, 0) is 4.79 Å². The molecule has 1 aromatic rings. The maximum absolute atomic E-state index is 12.5. The number of anilines is 1. The summed E-state index contributed by atoms with van der Waals surface area (Å²) in [6.45, 7) is 6.95. The fourth-order valence-corrected chi connectivity index (χ4v) is 4.23. The Balaban J connectivity index is 0.00000208. The first kappa shape index (κ1) is 19.3. The van der Waals surface area contributed by atoms with E-state index in [1.165, 1.54) is 61.6 Å². The SMILES string of the molecule is Cc1cc(C)c(NC(=O)CN2CCCCC2)c(C2CCCC2)c1.Cl. The zero-order valence-corrected chi connectivity index (χ0v) is 15.9. The van der Waals surface area contributed by atoms with Crippen molar-refractivity contribution in [1.82, 2.24) is 4.90 Å². The van der Waals surface area contributed by atoms with Gasteiger partial charge < -0.3 is 5.32 Å². The number of hydrogen-bond acceptors (Lipinski definition) is 2. The molecule has 4 heteroatoms. The lowest BCUT2D eigenvalue weighted by Crippen LogP contribution is -2.37. The Morgan fingerprint density at radius 3 is 2.42 bits per heavy atom. The number of piperidine rings is 1. The van der Waals surface area contributed by atoms with Crippen molar-refractivity contribution in [3.05, 3.63) is 28.8 Å². The number of hydrogen-bond donors (Lipinski definition) is 1. The summed E-state index contributed by atoms with van der Waals surface area (Å²) in [6, 6.07) is 4.48. The average molecular weight is 351 g/mol. The van der Waals surface area contributed by atoms with Gasteiger partial charge in [-0.15, -0.1) is 12.4 Å². The molecule has 0 unspecified atom stereocenters. The molecule has 1 aliphatic carbocycles. The normalized spacial score (nSPS) is 19.1. The number of aryl methyl sites for hydroxylation is 2. The first-order chi connectivity index (χ1) is 11.1. The molecular weight excluding hydrogens is 320 g/mol. The highest BCUT2D eigenvalue weighted by Crippen LogP contribution is 2.39. The molecule has 1 amide bonds. The monoisotopic (exact) mass is 350 g/mol. The predicted molar refractivity (Wildman–Crippen MR) is 103 cm³/mol. The van der Waals surface area contributed by atoms with Crippen LogP contribution in [0.3, 0.4) is 0 Å². The highest BCUT2D eigenvalue weighted by atomic mass is 35.5. The van der Waals surface area contributed by atoms with Gasteiger partial charge >= 0.3 is 0 Å². The summed E-state index contributed by atoms with van der Waals surface area (Å²) in [4.78, 5) is 14.8. The van der Waals surface area contributed by atoms with E-state index in [-0.39, 0.29) is 18.3 Å². The van der Waals surface area contributed by atoms with Crippen LogP contribution in [0.25, 0.3) is 0 Å². The molecule has 0 radical (unpaired) electrons. The predicted octanol–water partition coefficient (Wildman–Crippen LogP) is 4.81. The van der Waals surface area contributed by atoms with Gasteiger partial charge in [-0.2, -0.15) is 0 Å². The lowest BCUT2D eigenvalue weighted by molar-refractivity contribution is -0.117. The Kier molecular flexibility index (Phi) is 7.12. The number of nitrogens with zero attached hydrogens (tertiary/aromatic N) is 1. The Morgan fingerprint density at radius 1 is 1.08 bits per heavy atom. The van der Waals surface area contributed by atoms with Gasteiger partial charge in [0, 0.05) is 5.69 Å². The van der Waals surface area contributed by atoms with Gasteiger partial charge in [-0.3, -0.25) is 9.69 Å². The quantitative estimate of drug-likeness (QED) is 0.845. The fraction of sp³-hybridized carbons (Fsp3) is 0.650. The molecule has 3 nitrogen and oxygen atoms in total. The molecule has 0 spiro atoms. The number of nitrogens with one attached hydrogen (secondary N) is 1. The molecule has 134 valence electrons. The molecule has 2 aliphatic rings. The Morgan fingerprint density at radius 2 is 1.75 bits per heavy atom. The molecule has 24 heavy (non-hydrogen) atoms. The minimum absolute atomic E-state index is 0. The zero-order chi connectivity index (χ0) is 16.2. The van der Waals surface area contributed by atoms with E-state index >= 15 is 0 Å². The van der Waals surface area contributed by atoms with Gasteiger partial charge in [0.15, 0.2) is 0 Å². The number of carbonyl (C=O) groups excluding carboxylic acids is 1. The van der Waals surface area contributed by atoms with Crippen molar-refractivity contribution in [3.8, 4) is 0 Å². The van der Waals surface area contributed by atoms with E-state index in [9.17, 15) is 4.79 Å². The average Bonchev–Trinajstić information content (AvgIpc) is 3.05. The molecule has 2 fully saturated rings. The molecule has 1 aromatic carbocycles. The largest absolute Gasteiger partial charge is 0.324 e. The summed E-state index contributed by atoms with van der Waals surface area (Å²) in [5, 5.41) is 3.25. The van der Waals surface area contributed by atoms with Crippen molar-refractivity contribution in [2.45, 2.75) is 64.7 Å². The van der Waals surface area contributed by atoms with E-state index in [0.717, 1.165) is 18.8 Å². The maximum Gasteiger partial charge on any atom is 0.238 e. The summed E-state index contributed by atoms with van der Waals surface area (Å²) in [5.41, 5.74) is 4.97. The molecule has 1 N–H and O–H groups in total. The molecule has 1 heterocycles. The van der Waals surface area contributed by atoms with Crippen LogP contribution in [0.4, 0.5) is 5.69 Å². The molecule has 1 aliphatic heterocycles. The molecule has 0 atom stereocenters. The van der Waals surface area contributed by atoms with Crippen molar-refractivity contribution in [1.29, 1.82) is 0 Å². The van der Waals surface area contributed by atoms with Crippen LogP contribution in [0, 0.1) is 13.8 Å². The number of carbonyl (C=O) groups is 1. The topological polar surface area (TPSA) is 32.3 Å². The summed E-state index contributed by atoms with van der Waals surface area (Å²) in [5.74, 6) is 0.775. The van der Waals surface area contributed by atoms with Crippen LogP contribution in [0.15, 0.2) is 12.1 Å². The van der Waals surface area contributed by atoms with Gasteiger partial charge in [-0.25, -0.2) is 0 Å². The number of benzene rings is 1. The summed E-state index contributed by atoms with van der Waals surface area (Å²) >= 11 is 0. The van der Waals surface area contributed by atoms with Crippen LogP contribution in [0.1, 0.15) is 67.6 Å². The molecule has 3 rings (SSSR count). The molecule has 0 aromatic heterocycles. The first-order valence-corrected chi connectivity index (χ1v) is 9.27. The van der Waals surface area contributed by atoms with Crippen LogP contribution in [0.5, 0.6) is 0 Å². The van der Waals surface area contributed by atoms with Crippen molar-refractivity contribution in [2.75, 3.05) is 25.0 Å². The highest BCUT2D eigenvalue weighted by molar-refractivity contribution is 5.94. The van der Waals surface area contributed by atoms with Crippen LogP contribution in [-0.4, -0.2) is 30.4 Å². The van der Waals surface area contributed by atoms with Gasteiger partial charge in [0.1, 0.15) is 0 Å². The Labute approximate surface area is 152 Å². The van der Waals surface area contributed by atoms with Gasteiger partial charge in [0.25, 0.3) is 0 Å². The van der Waals surface area contributed by atoms with Gasteiger partial charge in [-0.05, 0) is 69.7 Å². The standard InChI is InChI=1S/C20H30N2O.ClH/c1-15-12-16(2)20(18(13-15)17-8-4-5-9-17)21-19(23)14-22-10-6-3-7-11-22;/h12-13,17H,3-11,14H2,1-2H3,(H,21,23);1H. The Hall–Kier alpha value is -1.06. The van der Waals surface area contributed by atoms with Crippen molar-refractivity contribution in [2.24, 2.45) is 0 Å². The molecule has 1 saturated heterocycles. The van der Waals surface area contributed by atoms with E-state index in [2.05, 4.69) is 36.2 Å². The Bertz CT molecular complexity index is 561. The van der Waals surface area contributed by atoms with Crippen LogP contribution >= 0.6 is 12.4 Å². The van der Waals surface area contributed by atoms with Crippen LogP contribution in [0.2, 0.25) is 0 Å². The minimum Gasteiger partial charge on any atom is -0.324 e. The smallest absolute Gasteiger partial charge is 0.238 e. The molecule has 0 bridgehead atoms. The van der Waals surface area contributed by atoms with Crippen molar-refractivity contribution < 1.29 is 4.79 Å². The van der Waals surface area contributed by atoms with Crippen molar-refractivity contribution in [3.63, 3.8) is 0 Å². The lowest BCUT2D eigenvalue weighted by atomic mass is 9.92. The van der Waals surface area contributed by atoms with Gasteiger partial charge in [-0.1, -0.05) is 37.0 Å². The van der Waals surface area contributed by atoms with Crippen LogP contribution < -0.4 is 5.32 Å². The van der Waals surface area contributed by atoms with E-state index in [1.807, 2.05) is 0 Å². The summed E-state index contributed by atoms with van der Waals surface area (Å²) in [7, 11) is 0. The summed E-state index contributed by atoms with van der Waals surface area (Å²) in [6.07, 6.45) is 8.92. The second kappa shape index (κ2) is 8.87. The molecular formula is C20H31ClN2O. The third-order valence-electron chi connectivity index (χ3n) is 5.39. The van der Waals surface area contributed by atoms with E-state index < -0.39 is 0 Å². The summed E-state index contributed by atoms with van der Waals surface area (Å²) < 4.78 is 0. The second-order valence-corrected chi connectivity index (χ2v) is 7.41. The first-order valence-electron chi connectivity index (χ1n) is 9.27. The highest BCUT2D eigenvalue weighted by Gasteiger charge is 2.23. The molecule has 1 saturated carbocycles. The lowest BCUT2D eigenvalue weighted by Gasteiger charge is -2.26. The zero-order valence-electron chi connectivity index (χ0n) is 15.1. The maximum atomic E-state index is 12.5.